The second-order valence-corrected chi connectivity index (χ2v) is 8.75. The Labute approximate surface area is 162 Å². The first-order chi connectivity index (χ1) is 13.2. The summed E-state index contributed by atoms with van der Waals surface area (Å²) in [6, 6.07) is 0.315. The Bertz CT molecular complexity index is 819. The number of aliphatic imine (C=N–C) groups is 1. The van der Waals surface area contributed by atoms with Crippen LogP contribution in [0.15, 0.2) is 76.9 Å². The second-order valence-electron chi connectivity index (χ2n) is 8.75. The number of nitrogens with zero attached hydrogens (tertiary/aromatic N) is 1. The third-order valence-electron chi connectivity index (χ3n) is 6.71. The number of allylic oxidation sites excluding steroid dienone is 7. The zero-order chi connectivity index (χ0) is 18.4. The van der Waals surface area contributed by atoms with Crippen molar-refractivity contribution in [3.05, 3.63) is 71.9 Å². The molecule has 0 amide bonds. The van der Waals surface area contributed by atoms with Crippen molar-refractivity contribution in [1.29, 1.82) is 0 Å². The minimum absolute atomic E-state index is 0.243. The van der Waals surface area contributed by atoms with Gasteiger partial charge in [-0.2, -0.15) is 0 Å². The van der Waals surface area contributed by atoms with E-state index in [1.54, 1.807) is 0 Å². The van der Waals surface area contributed by atoms with E-state index in [1.165, 1.54) is 23.3 Å². The lowest BCUT2D eigenvalue weighted by Crippen LogP contribution is -2.27. The minimum atomic E-state index is 0.243. The van der Waals surface area contributed by atoms with E-state index in [0.29, 0.717) is 35.8 Å². The van der Waals surface area contributed by atoms with E-state index < -0.39 is 0 Å². The molecule has 0 aromatic rings. The Kier molecular flexibility index (Phi) is 4.40. The first-order valence-corrected chi connectivity index (χ1v) is 10.6. The fraction of sp³-hybridized carbons (Fsp3) is 0.480. The number of hydrogen-bond acceptors (Lipinski definition) is 2. The second kappa shape index (κ2) is 6.91. The van der Waals surface area contributed by atoms with Gasteiger partial charge in [-0.1, -0.05) is 68.5 Å². The maximum atomic E-state index is 6.30. The first-order valence-electron chi connectivity index (χ1n) is 10.6. The summed E-state index contributed by atoms with van der Waals surface area (Å²) in [5.74, 6) is 1.93. The van der Waals surface area contributed by atoms with Gasteiger partial charge in [0.25, 0.3) is 0 Å². The van der Waals surface area contributed by atoms with Crippen LogP contribution in [0.2, 0.25) is 0 Å². The number of hydrogen-bond donors (Lipinski definition) is 0. The van der Waals surface area contributed by atoms with E-state index in [2.05, 4.69) is 74.6 Å². The Morgan fingerprint density at radius 2 is 1.89 bits per heavy atom. The number of ether oxygens (including phenoxy) is 1. The topological polar surface area (TPSA) is 21.6 Å². The summed E-state index contributed by atoms with van der Waals surface area (Å²) >= 11 is 0. The molecule has 2 heteroatoms. The highest BCUT2D eigenvalue weighted by Crippen LogP contribution is 2.44. The number of rotatable bonds is 3. The van der Waals surface area contributed by atoms with Gasteiger partial charge in [-0.05, 0) is 42.4 Å². The van der Waals surface area contributed by atoms with Crippen molar-refractivity contribution in [3.8, 4) is 0 Å². The monoisotopic (exact) mass is 359 g/mol. The molecule has 0 saturated carbocycles. The third kappa shape index (κ3) is 3.04. The van der Waals surface area contributed by atoms with Gasteiger partial charge in [0.2, 0.25) is 0 Å². The van der Waals surface area contributed by atoms with Crippen LogP contribution in [0.5, 0.6) is 0 Å². The predicted molar refractivity (Wildman–Crippen MR) is 112 cm³/mol. The molecule has 1 saturated heterocycles. The van der Waals surface area contributed by atoms with Crippen LogP contribution in [0.3, 0.4) is 0 Å². The molecule has 0 bridgehead atoms. The van der Waals surface area contributed by atoms with Crippen molar-refractivity contribution < 1.29 is 4.74 Å². The van der Waals surface area contributed by atoms with Crippen LogP contribution < -0.4 is 0 Å². The van der Waals surface area contributed by atoms with Crippen molar-refractivity contribution >= 4 is 5.71 Å². The molecule has 5 rings (SSSR count). The molecule has 3 aliphatic carbocycles. The molecule has 0 radical (unpaired) electrons. The standard InChI is InChI=1S/C25H29NO/c1-16(2)20-15-22(17-8-4-3-5-9-17)26-25(20)18-12-13-24-21(14-18)19-10-6-7-11-23(19)27-24/h3-8,10-11,14-19,23-25H,9,12-13H2,1-2H3. The van der Waals surface area contributed by atoms with Gasteiger partial charge in [0, 0.05) is 23.5 Å². The van der Waals surface area contributed by atoms with Gasteiger partial charge in [0.1, 0.15) is 0 Å². The van der Waals surface area contributed by atoms with E-state index in [4.69, 9.17) is 9.73 Å². The van der Waals surface area contributed by atoms with Gasteiger partial charge in [0.05, 0.1) is 18.2 Å². The van der Waals surface area contributed by atoms with Crippen molar-refractivity contribution in [3.63, 3.8) is 0 Å². The normalized spacial score (nSPS) is 39.3. The van der Waals surface area contributed by atoms with Gasteiger partial charge in [-0.15, -0.1) is 0 Å². The molecule has 0 aromatic heterocycles. The molecule has 1 fully saturated rings. The Hall–Kier alpha value is -1.93. The van der Waals surface area contributed by atoms with Crippen LogP contribution in [0.4, 0.5) is 0 Å². The van der Waals surface area contributed by atoms with E-state index >= 15 is 0 Å². The molecule has 140 valence electrons. The highest BCUT2D eigenvalue weighted by Gasteiger charge is 2.42. The van der Waals surface area contributed by atoms with E-state index in [-0.39, 0.29) is 6.10 Å². The quantitative estimate of drug-likeness (QED) is 0.621. The molecule has 0 N–H and O–H groups in total. The van der Waals surface area contributed by atoms with Crippen LogP contribution in [-0.4, -0.2) is 24.0 Å². The Morgan fingerprint density at radius 3 is 2.70 bits per heavy atom. The highest BCUT2D eigenvalue weighted by molar-refractivity contribution is 6.01. The summed E-state index contributed by atoms with van der Waals surface area (Å²) in [6.45, 7) is 4.63. The number of fused-ring (bicyclic) bond motifs is 3. The molecular weight excluding hydrogens is 330 g/mol. The van der Waals surface area contributed by atoms with Crippen molar-refractivity contribution in [2.75, 3.05) is 0 Å². The zero-order valence-corrected chi connectivity index (χ0v) is 16.3. The molecule has 27 heavy (non-hydrogen) atoms. The lowest BCUT2D eigenvalue weighted by Gasteiger charge is -2.30. The molecule has 5 aliphatic rings. The molecule has 2 aliphatic heterocycles. The van der Waals surface area contributed by atoms with E-state index in [9.17, 15) is 0 Å². The van der Waals surface area contributed by atoms with Gasteiger partial charge >= 0.3 is 0 Å². The summed E-state index contributed by atoms with van der Waals surface area (Å²) in [6.07, 6.45) is 26.6. The summed E-state index contributed by atoms with van der Waals surface area (Å²) in [5.41, 5.74) is 4.30. The molecule has 6 unspecified atom stereocenters. The molecule has 2 heterocycles. The van der Waals surface area contributed by atoms with Crippen molar-refractivity contribution in [2.45, 2.75) is 51.4 Å². The van der Waals surface area contributed by atoms with Crippen molar-refractivity contribution in [1.82, 2.24) is 0 Å². The summed E-state index contributed by atoms with van der Waals surface area (Å²) in [7, 11) is 0. The smallest absolute Gasteiger partial charge is 0.0867 e. The van der Waals surface area contributed by atoms with Crippen LogP contribution >= 0.6 is 0 Å². The van der Waals surface area contributed by atoms with Crippen LogP contribution in [0.1, 0.15) is 33.1 Å². The van der Waals surface area contributed by atoms with Gasteiger partial charge < -0.3 is 4.74 Å². The average Bonchev–Trinajstić information content (AvgIpc) is 3.30. The summed E-state index contributed by atoms with van der Waals surface area (Å²) < 4.78 is 6.30. The van der Waals surface area contributed by atoms with Gasteiger partial charge in [0.15, 0.2) is 0 Å². The zero-order valence-electron chi connectivity index (χ0n) is 16.3. The molecule has 6 atom stereocenters. The molecule has 0 spiro atoms. The third-order valence-corrected chi connectivity index (χ3v) is 6.71. The van der Waals surface area contributed by atoms with E-state index in [0.717, 1.165) is 12.8 Å². The maximum absolute atomic E-state index is 6.30. The predicted octanol–water partition coefficient (Wildman–Crippen LogP) is 5.37. The largest absolute Gasteiger partial charge is 0.366 e. The average molecular weight is 360 g/mol. The Balaban J connectivity index is 1.44. The van der Waals surface area contributed by atoms with Crippen molar-refractivity contribution in [2.24, 2.45) is 28.7 Å². The van der Waals surface area contributed by atoms with E-state index in [1.807, 2.05) is 0 Å². The van der Waals surface area contributed by atoms with Crippen LogP contribution in [0.25, 0.3) is 0 Å². The van der Waals surface area contributed by atoms with Gasteiger partial charge in [-0.3, -0.25) is 4.99 Å². The van der Waals surface area contributed by atoms with Gasteiger partial charge in [-0.25, -0.2) is 0 Å². The Morgan fingerprint density at radius 1 is 1.04 bits per heavy atom. The molecular formula is C25H29NO. The summed E-state index contributed by atoms with van der Waals surface area (Å²) in [4.78, 5) is 5.28. The highest BCUT2D eigenvalue weighted by atomic mass is 16.5. The SMILES string of the molecule is CC(C)C1=CC(C2C=CC=CC2)=NC1C1C=C2C(CC1)OC1C=CC=CC21. The van der Waals surface area contributed by atoms with Crippen LogP contribution in [0, 0.1) is 23.7 Å². The maximum Gasteiger partial charge on any atom is 0.0867 e. The fourth-order valence-corrected chi connectivity index (χ4v) is 5.26. The minimum Gasteiger partial charge on any atom is -0.366 e. The van der Waals surface area contributed by atoms with Crippen LogP contribution in [-0.2, 0) is 4.74 Å². The molecule has 0 aromatic carbocycles. The first kappa shape index (κ1) is 17.2. The lowest BCUT2D eigenvalue weighted by atomic mass is 9.76. The fourth-order valence-electron chi connectivity index (χ4n) is 5.26. The molecule has 2 nitrogen and oxygen atoms in total. The lowest BCUT2D eigenvalue weighted by molar-refractivity contribution is 0.0621. The summed E-state index contributed by atoms with van der Waals surface area (Å²) in [5, 5.41) is 0.